The van der Waals surface area contributed by atoms with Crippen molar-refractivity contribution in [2.75, 3.05) is 26.3 Å². The molecule has 2 heterocycles. The van der Waals surface area contributed by atoms with E-state index in [1.165, 1.54) is 30.5 Å². The van der Waals surface area contributed by atoms with Crippen LogP contribution >= 0.6 is 0 Å². The van der Waals surface area contributed by atoms with Crippen LogP contribution in [0.3, 0.4) is 0 Å². The number of nitrogens with zero attached hydrogens (tertiary/aromatic N) is 2. The number of benzene rings is 1. The van der Waals surface area contributed by atoms with Gasteiger partial charge in [-0.05, 0) is 30.7 Å². The minimum Gasteiger partial charge on any atom is -0.444 e. The number of hydrogen-bond donors (Lipinski definition) is 4. The Morgan fingerprint density at radius 2 is 2.00 bits per heavy atom. The number of piperidine rings is 1. The summed E-state index contributed by atoms with van der Waals surface area (Å²) >= 11 is 0. The van der Waals surface area contributed by atoms with E-state index < -0.39 is 23.9 Å². The van der Waals surface area contributed by atoms with E-state index in [0.717, 1.165) is 0 Å². The molecule has 3 atom stereocenters. The molecule has 0 spiro atoms. The van der Waals surface area contributed by atoms with Crippen LogP contribution in [0.25, 0.3) is 0 Å². The molecule has 0 bridgehead atoms. The number of amidine groups is 1. The van der Waals surface area contributed by atoms with Crippen molar-refractivity contribution >= 4 is 23.5 Å². The molecule has 2 amide bonds. The van der Waals surface area contributed by atoms with Gasteiger partial charge in [-0.3, -0.25) is 4.79 Å². The molecule has 7 N–H and O–H groups in total. The summed E-state index contributed by atoms with van der Waals surface area (Å²) in [6, 6.07) is 4.70. The van der Waals surface area contributed by atoms with Crippen molar-refractivity contribution in [3.63, 3.8) is 0 Å². The lowest BCUT2D eigenvalue weighted by molar-refractivity contribution is -0.114. The van der Waals surface area contributed by atoms with Crippen molar-refractivity contribution in [2.45, 2.75) is 31.0 Å². The maximum atomic E-state index is 13.0. The monoisotopic (exact) mass is 434 g/mol. The second kappa shape index (κ2) is 10.2. The second-order valence-electron chi connectivity index (χ2n) is 7.44. The Hall–Kier alpha value is -3.18. The first-order valence-corrected chi connectivity index (χ1v) is 9.98. The van der Waals surface area contributed by atoms with Gasteiger partial charge < -0.3 is 36.9 Å². The maximum absolute atomic E-state index is 13.0. The van der Waals surface area contributed by atoms with Crippen molar-refractivity contribution in [1.29, 1.82) is 0 Å². The number of carbonyl (C=O) groups excluding carboxylic acids is 2. The summed E-state index contributed by atoms with van der Waals surface area (Å²) in [7, 11) is 0. The van der Waals surface area contributed by atoms with Crippen LogP contribution in [0.1, 0.15) is 12.8 Å². The highest BCUT2D eigenvalue weighted by Gasteiger charge is 2.31. The van der Waals surface area contributed by atoms with Crippen molar-refractivity contribution in [1.82, 2.24) is 10.2 Å². The number of amides is 2. The molecular formula is C20H27FN6O4. The fraction of sp³-hybridized carbons (Fsp3) is 0.450. The number of ether oxygens (including phenoxy) is 2. The van der Waals surface area contributed by atoms with Gasteiger partial charge in [0, 0.05) is 37.8 Å². The Balaban J connectivity index is 1.59. The van der Waals surface area contributed by atoms with Crippen LogP contribution < -0.4 is 22.5 Å². The quantitative estimate of drug-likeness (QED) is 0.281. The van der Waals surface area contributed by atoms with Crippen LogP contribution in [-0.2, 0) is 14.3 Å². The van der Waals surface area contributed by atoms with Gasteiger partial charge in [0.25, 0.3) is 5.91 Å². The van der Waals surface area contributed by atoms with Crippen LogP contribution in [0, 0.1) is 5.82 Å². The molecule has 31 heavy (non-hydrogen) atoms. The van der Waals surface area contributed by atoms with E-state index in [4.69, 9.17) is 26.7 Å². The molecule has 3 rings (SSSR count). The summed E-state index contributed by atoms with van der Waals surface area (Å²) in [5.41, 5.74) is 17.9. The van der Waals surface area contributed by atoms with Gasteiger partial charge in [-0.25, -0.2) is 14.2 Å². The zero-order chi connectivity index (χ0) is 22.4. The topological polar surface area (TPSA) is 158 Å². The smallest absolute Gasteiger partial charge is 0.410 e. The average Bonchev–Trinajstić information content (AvgIpc) is 3.23. The van der Waals surface area contributed by atoms with Crippen molar-refractivity contribution < 1.29 is 23.5 Å². The van der Waals surface area contributed by atoms with E-state index in [2.05, 4.69) is 10.3 Å². The number of carbonyl (C=O) groups is 2. The summed E-state index contributed by atoms with van der Waals surface area (Å²) in [5, 5.41) is 3.05. The van der Waals surface area contributed by atoms with Gasteiger partial charge in [-0.2, -0.15) is 0 Å². The van der Waals surface area contributed by atoms with Crippen molar-refractivity contribution in [3.05, 3.63) is 41.9 Å². The number of nitrogens with two attached hydrogens (primary N) is 3. The SMILES string of the molecule is NC(=O)/C(=C/N[C@@H]1CCN(C(=O)OC2CCOC2)C[C@H]1N)C(N)=Nc1ccc(F)cc1. The molecular weight excluding hydrogens is 407 g/mol. The van der Waals surface area contributed by atoms with Crippen LogP contribution in [0.15, 0.2) is 41.0 Å². The van der Waals surface area contributed by atoms with Crippen LogP contribution in [0.2, 0.25) is 0 Å². The molecule has 2 saturated heterocycles. The summed E-state index contributed by atoms with van der Waals surface area (Å²) < 4.78 is 23.7. The molecule has 10 nitrogen and oxygen atoms in total. The lowest BCUT2D eigenvalue weighted by Gasteiger charge is -2.36. The third-order valence-electron chi connectivity index (χ3n) is 5.13. The first kappa shape index (κ1) is 22.5. The molecule has 0 saturated carbocycles. The molecule has 2 fully saturated rings. The highest BCUT2D eigenvalue weighted by Crippen LogP contribution is 2.16. The lowest BCUT2D eigenvalue weighted by Crippen LogP contribution is -2.57. The number of hydrogen-bond acceptors (Lipinski definition) is 7. The highest BCUT2D eigenvalue weighted by atomic mass is 19.1. The van der Waals surface area contributed by atoms with Gasteiger partial charge >= 0.3 is 6.09 Å². The largest absolute Gasteiger partial charge is 0.444 e. The first-order valence-electron chi connectivity index (χ1n) is 9.98. The van der Waals surface area contributed by atoms with Crippen LogP contribution in [0.5, 0.6) is 0 Å². The first-order chi connectivity index (χ1) is 14.8. The number of nitrogens with one attached hydrogen (secondary N) is 1. The maximum Gasteiger partial charge on any atom is 0.410 e. The molecule has 1 unspecified atom stereocenters. The summed E-state index contributed by atoms with van der Waals surface area (Å²) in [4.78, 5) is 29.8. The van der Waals surface area contributed by atoms with E-state index in [0.29, 0.717) is 44.8 Å². The van der Waals surface area contributed by atoms with Gasteiger partial charge in [0.15, 0.2) is 0 Å². The number of halogens is 1. The molecule has 2 aliphatic rings. The van der Waals surface area contributed by atoms with Crippen molar-refractivity contribution in [3.8, 4) is 0 Å². The van der Waals surface area contributed by atoms with Crippen LogP contribution in [0.4, 0.5) is 14.9 Å². The predicted molar refractivity (Wildman–Crippen MR) is 112 cm³/mol. The Morgan fingerprint density at radius 3 is 2.61 bits per heavy atom. The average molecular weight is 434 g/mol. The number of likely N-dealkylation sites (tertiary alicyclic amines) is 1. The fourth-order valence-electron chi connectivity index (χ4n) is 3.35. The van der Waals surface area contributed by atoms with E-state index in [1.807, 2.05) is 0 Å². The predicted octanol–water partition coefficient (Wildman–Crippen LogP) is 0.100. The van der Waals surface area contributed by atoms with Gasteiger partial charge in [-0.1, -0.05) is 0 Å². The third-order valence-corrected chi connectivity index (χ3v) is 5.13. The zero-order valence-electron chi connectivity index (χ0n) is 17.0. The van der Waals surface area contributed by atoms with Crippen molar-refractivity contribution in [2.24, 2.45) is 22.2 Å². The Bertz CT molecular complexity index is 854. The minimum atomic E-state index is -0.774. The van der Waals surface area contributed by atoms with Crippen LogP contribution in [-0.4, -0.2) is 67.2 Å². The van der Waals surface area contributed by atoms with E-state index in [-0.39, 0.29) is 23.6 Å². The molecule has 1 aromatic rings. The molecule has 2 aliphatic heterocycles. The molecule has 0 aromatic heterocycles. The molecule has 0 aliphatic carbocycles. The fourth-order valence-corrected chi connectivity index (χ4v) is 3.35. The van der Waals surface area contributed by atoms with Gasteiger partial charge in [0.2, 0.25) is 0 Å². The van der Waals surface area contributed by atoms with Gasteiger partial charge in [0.1, 0.15) is 17.8 Å². The molecule has 11 heteroatoms. The van der Waals surface area contributed by atoms with E-state index in [1.54, 1.807) is 4.90 Å². The number of primary amides is 1. The summed E-state index contributed by atoms with van der Waals surface area (Å²) in [6.07, 6.45) is 1.98. The standard InChI is InChI=1S/C20H27FN6O4/c21-12-1-3-13(4-2-12)26-18(23)15(19(24)28)9-25-17-5-7-27(10-16(17)22)20(29)31-14-6-8-30-11-14/h1-4,9,14,16-17,25H,5-8,10-11,22H2,(H2,23,26)(H2,24,28)/b15-9+/t14?,16-,17-/m1/s1. The van der Waals surface area contributed by atoms with Gasteiger partial charge in [-0.15, -0.1) is 0 Å². The zero-order valence-corrected chi connectivity index (χ0v) is 17.0. The van der Waals surface area contributed by atoms with E-state index >= 15 is 0 Å². The molecule has 168 valence electrons. The Kier molecular flexibility index (Phi) is 7.42. The molecule has 0 radical (unpaired) electrons. The minimum absolute atomic E-state index is 0.0282. The Morgan fingerprint density at radius 1 is 1.26 bits per heavy atom. The summed E-state index contributed by atoms with van der Waals surface area (Å²) in [6.45, 7) is 1.74. The lowest BCUT2D eigenvalue weighted by atomic mass is 10.0. The highest BCUT2D eigenvalue weighted by molar-refractivity contribution is 6.20. The van der Waals surface area contributed by atoms with Gasteiger partial charge in [0.05, 0.1) is 24.5 Å². The van der Waals surface area contributed by atoms with E-state index in [9.17, 15) is 14.0 Å². The molecule has 1 aromatic carbocycles. The normalized spacial score (nSPS) is 24.7. The number of rotatable bonds is 6. The third kappa shape index (κ3) is 6.15. The Labute approximate surface area is 179 Å². The number of aliphatic imine (C=N–C) groups is 1. The summed E-state index contributed by atoms with van der Waals surface area (Å²) in [5.74, 6) is -1.30. The second-order valence-corrected chi connectivity index (χ2v) is 7.44.